The topological polar surface area (TPSA) is 36.9 Å². The van der Waals surface area contributed by atoms with Crippen molar-refractivity contribution >= 4 is 55.1 Å². The number of hydrogen-bond donors (Lipinski definition) is 0. The van der Waals surface area contributed by atoms with Crippen LogP contribution < -0.4 is 18.9 Å². The van der Waals surface area contributed by atoms with Crippen LogP contribution in [0, 0.1) is 0 Å². The fraction of sp³-hybridized carbons (Fsp3) is 0.400. The van der Waals surface area contributed by atoms with Crippen molar-refractivity contribution < 1.29 is 18.9 Å². The van der Waals surface area contributed by atoms with Crippen LogP contribution in [0.25, 0.3) is 0 Å². The lowest BCUT2D eigenvalue weighted by Crippen LogP contribution is -2.25. The Balaban J connectivity index is 2.36. The zero-order chi connectivity index (χ0) is 20.6. The van der Waals surface area contributed by atoms with Crippen LogP contribution >= 0.6 is 55.1 Å². The number of rotatable bonds is 6. The maximum atomic E-state index is 6.48. The van der Waals surface area contributed by atoms with E-state index < -0.39 is 4.84 Å². The van der Waals surface area contributed by atoms with Crippen molar-refractivity contribution in [3.05, 3.63) is 46.5 Å². The van der Waals surface area contributed by atoms with Gasteiger partial charge in [0.05, 0.1) is 32.2 Å². The molecule has 8 heteroatoms. The molecule has 0 spiro atoms. The summed E-state index contributed by atoms with van der Waals surface area (Å²) in [4.78, 5) is -0.668. The normalized spacial score (nSPS) is 17.9. The second-order valence-electron chi connectivity index (χ2n) is 6.30. The fourth-order valence-corrected chi connectivity index (χ4v) is 5.46. The van der Waals surface area contributed by atoms with Crippen molar-refractivity contribution in [3.8, 4) is 23.0 Å². The first-order valence-corrected chi connectivity index (χ1v) is 11.2. The van der Waals surface area contributed by atoms with Crippen molar-refractivity contribution in [3.63, 3.8) is 0 Å². The summed E-state index contributed by atoms with van der Waals surface area (Å²) in [5.41, 5.74) is 4.07. The van der Waals surface area contributed by atoms with Gasteiger partial charge in [-0.25, -0.2) is 0 Å². The minimum absolute atomic E-state index is 0.0343. The van der Waals surface area contributed by atoms with E-state index >= 15 is 0 Å². The van der Waals surface area contributed by atoms with Crippen LogP contribution in [-0.4, -0.2) is 37.0 Å². The molecule has 3 rings (SSSR count). The Morgan fingerprint density at radius 3 is 1.14 bits per heavy atom. The van der Waals surface area contributed by atoms with Crippen LogP contribution in [0.2, 0.25) is 0 Å². The Morgan fingerprint density at radius 2 is 0.929 bits per heavy atom. The van der Waals surface area contributed by atoms with Crippen molar-refractivity contribution in [2.24, 2.45) is 0 Å². The zero-order valence-electron chi connectivity index (χ0n) is 15.8. The summed E-state index contributed by atoms with van der Waals surface area (Å²) in [6.07, 6.45) is 0. The number of methoxy groups -OCH3 is 4. The second kappa shape index (κ2) is 8.90. The highest BCUT2D eigenvalue weighted by molar-refractivity contribution is 9.24. The standard InChI is InChI=1S/C20H20Br2Cl2O4/c1-25-13-5-9-11(7-15(13)27-3)18(20(23)24)12-8-16(28-4)14(26-2)6-10(12)17(9)19(21)22/h5-8,17-20H,1-4H3. The molecule has 0 heterocycles. The van der Waals surface area contributed by atoms with Gasteiger partial charge in [0.15, 0.2) is 23.0 Å². The van der Waals surface area contributed by atoms with Crippen molar-refractivity contribution in [2.75, 3.05) is 28.4 Å². The van der Waals surface area contributed by atoms with Crippen LogP contribution in [0.1, 0.15) is 34.1 Å². The molecule has 0 bridgehead atoms. The largest absolute Gasteiger partial charge is 0.493 e. The van der Waals surface area contributed by atoms with Gasteiger partial charge >= 0.3 is 0 Å². The molecule has 28 heavy (non-hydrogen) atoms. The Morgan fingerprint density at radius 1 is 0.643 bits per heavy atom. The monoisotopic (exact) mass is 552 g/mol. The van der Waals surface area contributed by atoms with Crippen molar-refractivity contribution in [1.82, 2.24) is 0 Å². The highest BCUT2D eigenvalue weighted by atomic mass is 79.9. The first-order valence-electron chi connectivity index (χ1n) is 8.45. The first-order chi connectivity index (χ1) is 13.4. The predicted octanol–water partition coefficient (Wildman–Crippen LogP) is 6.22. The highest BCUT2D eigenvalue weighted by Gasteiger charge is 2.39. The van der Waals surface area contributed by atoms with Crippen LogP contribution in [0.3, 0.4) is 0 Å². The first kappa shape index (κ1) is 21.9. The molecule has 0 saturated carbocycles. The molecule has 0 aromatic heterocycles. The van der Waals surface area contributed by atoms with Gasteiger partial charge in [-0.05, 0) is 46.5 Å². The summed E-state index contributed by atoms with van der Waals surface area (Å²) in [6.45, 7) is 0. The molecule has 0 aliphatic heterocycles. The van der Waals surface area contributed by atoms with E-state index in [1.54, 1.807) is 28.4 Å². The van der Waals surface area contributed by atoms with Gasteiger partial charge in [0, 0.05) is 11.8 Å². The summed E-state index contributed by atoms with van der Waals surface area (Å²) in [7, 11) is 6.45. The molecular weight excluding hydrogens is 535 g/mol. The van der Waals surface area contributed by atoms with E-state index in [0.717, 1.165) is 22.3 Å². The fourth-order valence-electron chi connectivity index (χ4n) is 3.78. The average molecular weight is 555 g/mol. The molecule has 0 fully saturated rings. The molecule has 1 aliphatic rings. The third-order valence-corrected chi connectivity index (χ3v) is 6.58. The molecule has 0 saturated heterocycles. The van der Waals surface area contributed by atoms with E-state index in [9.17, 15) is 0 Å². The highest BCUT2D eigenvalue weighted by Crippen LogP contribution is 2.54. The van der Waals surface area contributed by atoms with Crippen molar-refractivity contribution in [1.29, 1.82) is 0 Å². The summed E-state index contributed by atoms with van der Waals surface area (Å²) in [5, 5.41) is 0. The quantitative estimate of drug-likeness (QED) is 0.397. The Labute approximate surface area is 191 Å². The summed E-state index contributed by atoms with van der Waals surface area (Å²) in [6, 6.07) is 7.87. The Bertz CT molecular complexity index is 740. The smallest absolute Gasteiger partial charge is 0.161 e. The maximum Gasteiger partial charge on any atom is 0.161 e. The molecule has 2 aromatic rings. The van der Waals surface area contributed by atoms with Gasteiger partial charge in [-0.2, -0.15) is 0 Å². The Kier molecular flexibility index (Phi) is 6.96. The minimum atomic E-state index is -0.668. The summed E-state index contributed by atoms with van der Waals surface area (Å²) < 4.78 is 22.0. The molecule has 0 N–H and O–H groups in total. The summed E-state index contributed by atoms with van der Waals surface area (Å²) in [5.74, 6) is 2.26. The van der Waals surface area contributed by atoms with Crippen LogP contribution in [0.4, 0.5) is 0 Å². The molecule has 0 unspecified atom stereocenters. The Hall–Kier alpha value is -0.820. The molecule has 152 valence electrons. The van der Waals surface area contributed by atoms with E-state index in [4.69, 9.17) is 42.1 Å². The molecule has 0 atom stereocenters. The van der Waals surface area contributed by atoms with Gasteiger partial charge in [-0.1, -0.05) is 31.9 Å². The SMILES string of the molecule is COc1cc2c(cc1OC)C(C(Br)Br)c1cc(OC)c(OC)cc1C2C(Cl)Cl. The van der Waals surface area contributed by atoms with E-state index in [1.165, 1.54) is 0 Å². The third-order valence-electron chi connectivity index (χ3n) is 5.02. The third kappa shape index (κ3) is 3.69. The van der Waals surface area contributed by atoms with Crippen molar-refractivity contribution in [2.45, 2.75) is 20.4 Å². The molecule has 1 aliphatic carbocycles. The van der Waals surface area contributed by atoms with Crippen LogP contribution in [-0.2, 0) is 0 Å². The van der Waals surface area contributed by atoms with Gasteiger partial charge in [0.25, 0.3) is 0 Å². The molecule has 4 nitrogen and oxygen atoms in total. The van der Waals surface area contributed by atoms with E-state index in [2.05, 4.69) is 31.9 Å². The lowest BCUT2D eigenvalue weighted by Gasteiger charge is -2.36. The number of hydrogen-bond acceptors (Lipinski definition) is 4. The molecule has 0 radical (unpaired) electrons. The molecular formula is C20H20Br2Cl2O4. The van der Waals surface area contributed by atoms with E-state index in [0.29, 0.717) is 23.0 Å². The lowest BCUT2D eigenvalue weighted by atomic mass is 9.73. The van der Waals surface area contributed by atoms with Gasteiger partial charge in [-0.15, -0.1) is 23.2 Å². The minimum Gasteiger partial charge on any atom is -0.493 e. The second-order valence-corrected chi connectivity index (χ2v) is 10.7. The molecule has 2 aromatic carbocycles. The number of benzene rings is 2. The zero-order valence-corrected chi connectivity index (χ0v) is 20.4. The number of halogens is 4. The summed E-state index contributed by atoms with van der Waals surface area (Å²) >= 11 is 20.4. The van der Waals surface area contributed by atoms with Gasteiger partial charge in [0.1, 0.15) is 4.84 Å². The van der Waals surface area contributed by atoms with Crippen LogP contribution in [0.5, 0.6) is 23.0 Å². The van der Waals surface area contributed by atoms with Gasteiger partial charge in [-0.3, -0.25) is 0 Å². The van der Waals surface area contributed by atoms with E-state index in [-0.39, 0.29) is 15.6 Å². The lowest BCUT2D eigenvalue weighted by molar-refractivity contribution is 0.352. The maximum absolute atomic E-state index is 6.48. The van der Waals surface area contributed by atoms with Gasteiger partial charge in [0.2, 0.25) is 0 Å². The number of alkyl halides is 4. The number of fused-ring (bicyclic) bond motifs is 2. The predicted molar refractivity (Wildman–Crippen MR) is 120 cm³/mol. The number of ether oxygens (including phenoxy) is 4. The van der Waals surface area contributed by atoms with E-state index in [1.807, 2.05) is 24.3 Å². The van der Waals surface area contributed by atoms with Gasteiger partial charge < -0.3 is 18.9 Å². The van der Waals surface area contributed by atoms with Crippen LogP contribution in [0.15, 0.2) is 24.3 Å². The molecule has 0 amide bonds. The average Bonchev–Trinajstić information content (AvgIpc) is 2.68.